The summed E-state index contributed by atoms with van der Waals surface area (Å²) in [6.07, 6.45) is 4.34. The molecule has 0 spiro atoms. The van der Waals surface area contributed by atoms with Crippen LogP contribution in [0.25, 0.3) is 6.08 Å². The first kappa shape index (κ1) is 14.8. The van der Waals surface area contributed by atoms with Crippen molar-refractivity contribution in [3.8, 4) is 5.75 Å². The molecule has 0 radical (unpaired) electrons. The van der Waals surface area contributed by atoms with E-state index in [0.717, 1.165) is 12.2 Å². The fraction of sp³-hybridized carbons (Fsp3) is 0.357. The Balaban J connectivity index is 2.51. The molecule has 18 heavy (non-hydrogen) atoms. The van der Waals surface area contributed by atoms with E-state index in [1.165, 1.54) is 17.8 Å². The van der Waals surface area contributed by atoms with E-state index in [2.05, 4.69) is 0 Å². The first-order valence-electron chi connectivity index (χ1n) is 5.85. The molecule has 98 valence electrons. The van der Waals surface area contributed by atoms with Crippen LogP contribution in [0.5, 0.6) is 5.75 Å². The normalized spacial score (nSPS) is 10.8. The van der Waals surface area contributed by atoms with Gasteiger partial charge in [0, 0.05) is 24.3 Å². The van der Waals surface area contributed by atoms with Crippen molar-refractivity contribution < 1.29 is 13.9 Å². The van der Waals surface area contributed by atoms with Crippen LogP contribution >= 0.6 is 11.8 Å². The Morgan fingerprint density at radius 2 is 2.28 bits per heavy atom. The number of carbonyl (C=O) groups is 1. The molecule has 0 aliphatic carbocycles. The molecule has 0 saturated heterocycles. The highest BCUT2D eigenvalue weighted by Gasteiger charge is 2.01. The molecule has 1 aromatic rings. The highest BCUT2D eigenvalue weighted by atomic mass is 32.2. The van der Waals surface area contributed by atoms with Gasteiger partial charge in [-0.3, -0.25) is 4.79 Å². The van der Waals surface area contributed by atoms with Crippen molar-refractivity contribution in [1.29, 1.82) is 0 Å². The number of rotatable bonds is 6. The van der Waals surface area contributed by atoms with Gasteiger partial charge in [0.05, 0.1) is 6.61 Å². The second-order valence-corrected chi connectivity index (χ2v) is 4.92. The molecule has 4 heteroatoms. The summed E-state index contributed by atoms with van der Waals surface area (Å²) >= 11 is 1.28. The maximum absolute atomic E-state index is 13.6. The van der Waals surface area contributed by atoms with Gasteiger partial charge < -0.3 is 4.74 Å². The molecule has 0 amide bonds. The predicted molar refractivity (Wildman–Crippen MR) is 74.4 cm³/mol. The lowest BCUT2D eigenvalue weighted by Gasteiger charge is -2.04. The summed E-state index contributed by atoms with van der Waals surface area (Å²) in [6, 6.07) is 4.82. The minimum absolute atomic E-state index is 0.107. The third-order valence-electron chi connectivity index (χ3n) is 2.17. The minimum atomic E-state index is -0.295. The molecule has 0 heterocycles. The van der Waals surface area contributed by atoms with Gasteiger partial charge >= 0.3 is 0 Å². The second-order valence-electron chi connectivity index (χ2n) is 3.65. The minimum Gasteiger partial charge on any atom is -0.494 e. The number of hydrogen-bond donors (Lipinski definition) is 0. The summed E-state index contributed by atoms with van der Waals surface area (Å²) in [5.74, 6) is 0.973. The molecule has 1 rings (SSSR count). The van der Waals surface area contributed by atoms with Crippen molar-refractivity contribution in [2.75, 3.05) is 12.4 Å². The molecule has 0 aliphatic heterocycles. The zero-order valence-electron chi connectivity index (χ0n) is 10.6. The van der Waals surface area contributed by atoms with Crippen LogP contribution in [0.4, 0.5) is 4.39 Å². The average molecular weight is 268 g/mol. The molecule has 0 N–H and O–H groups in total. The van der Waals surface area contributed by atoms with E-state index in [9.17, 15) is 9.18 Å². The van der Waals surface area contributed by atoms with Crippen LogP contribution in [0.1, 0.15) is 25.8 Å². The number of hydrogen-bond acceptors (Lipinski definition) is 3. The lowest BCUT2D eigenvalue weighted by Crippen LogP contribution is -1.92. The van der Waals surface area contributed by atoms with E-state index in [4.69, 9.17) is 4.74 Å². The highest BCUT2D eigenvalue weighted by molar-refractivity contribution is 8.13. The van der Waals surface area contributed by atoms with Crippen LogP contribution in [-0.4, -0.2) is 17.5 Å². The molecule has 0 saturated carbocycles. The van der Waals surface area contributed by atoms with Crippen molar-refractivity contribution in [2.24, 2.45) is 0 Å². The summed E-state index contributed by atoms with van der Waals surface area (Å²) in [7, 11) is 0. The van der Waals surface area contributed by atoms with E-state index in [-0.39, 0.29) is 10.9 Å². The van der Waals surface area contributed by atoms with Gasteiger partial charge in [0.2, 0.25) is 0 Å². The first-order chi connectivity index (χ1) is 8.63. The van der Waals surface area contributed by atoms with E-state index in [0.29, 0.717) is 17.9 Å². The van der Waals surface area contributed by atoms with Crippen molar-refractivity contribution in [3.05, 3.63) is 35.7 Å². The Labute approximate surface area is 111 Å². The lowest BCUT2D eigenvalue weighted by molar-refractivity contribution is -0.109. The van der Waals surface area contributed by atoms with Gasteiger partial charge in [-0.2, -0.15) is 0 Å². The third-order valence-corrected chi connectivity index (χ3v) is 3.02. The zero-order valence-corrected chi connectivity index (χ0v) is 11.4. The molecule has 0 bridgehead atoms. The van der Waals surface area contributed by atoms with Gasteiger partial charge in [-0.1, -0.05) is 23.9 Å². The molecule has 0 atom stereocenters. The number of ether oxygens (including phenoxy) is 1. The fourth-order valence-electron chi connectivity index (χ4n) is 1.38. The molecule has 0 fully saturated rings. The van der Waals surface area contributed by atoms with Crippen LogP contribution in [0.3, 0.4) is 0 Å². The number of halogens is 1. The molecule has 0 unspecified atom stereocenters. The molecule has 2 nitrogen and oxygen atoms in total. The monoisotopic (exact) mass is 268 g/mol. The summed E-state index contributed by atoms with van der Waals surface area (Å²) in [5.41, 5.74) is 0.534. The van der Waals surface area contributed by atoms with E-state index >= 15 is 0 Å². The van der Waals surface area contributed by atoms with Crippen LogP contribution in [-0.2, 0) is 4.79 Å². The van der Waals surface area contributed by atoms with Crippen LogP contribution in [0.2, 0.25) is 0 Å². The predicted octanol–water partition coefficient (Wildman–Crippen LogP) is 3.91. The number of thioether (sulfide) groups is 1. The molecular formula is C14H17FO2S. The first-order valence-corrected chi connectivity index (χ1v) is 6.84. The molecule has 1 aromatic carbocycles. The maximum atomic E-state index is 13.6. The van der Waals surface area contributed by atoms with Crippen molar-refractivity contribution in [2.45, 2.75) is 20.3 Å². The van der Waals surface area contributed by atoms with Gasteiger partial charge in [-0.15, -0.1) is 0 Å². The highest BCUT2D eigenvalue weighted by Crippen LogP contribution is 2.18. The summed E-state index contributed by atoms with van der Waals surface area (Å²) in [5, 5.41) is 0.107. The topological polar surface area (TPSA) is 26.3 Å². The van der Waals surface area contributed by atoms with Crippen molar-refractivity contribution in [1.82, 2.24) is 0 Å². The van der Waals surface area contributed by atoms with E-state index in [1.54, 1.807) is 25.1 Å². The lowest BCUT2D eigenvalue weighted by atomic mass is 10.2. The van der Waals surface area contributed by atoms with E-state index in [1.807, 2.05) is 13.0 Å². The molecule has 0 aliphatic rings. The summed E-state index contributed by atoms with van der Waals surface area (Å²) in [4.78, 5) is 10.7. The van der Waals surface area contributed by atoms with Gasteiger partial charge in [0.25, 0.3) is 0 Å². The largest absolute Gasteiger partial charge is 0.494 e. The van der Waals surface area contributed by atoms with Gasteiger partial charge in [-0.25, -0.2) is 4.39 Å². The number of benzene rings is 1. The van der Waals surface area contributed by atoms with Crippen molar-refractivity contribution >= 4 is 23.0 Å². The maximum Gasteiger partial charge on any atom is 0.185 e. The third kappa shape index (κ3) is 5.36. The number of carbonyl (C=O) groups excluding carboxylic acids is 1. The van der Waals surface area contributed by atoms with E-state index < -0.39 is 0 Å². The van der Waals surface area contributed by atoms with Crippen LogP contribution < -0.4 is 4.74 Å². The van der Waals surface area contributed by atoms with Gasteiger partial charge in [-0.05, 0) is 25.5 Å². The fourth-order valence-corrected chi connectivity index (χ4v) is 1.92. The average Bonchev–Trinajstić information content (AvgIpc) is 2.31. The Hall–Kier alpha value is -1.29. The van der Waals surface area contributed by atoms with Gasteiger partial charge in [0.15, 0.2) is 5.12 Å². The SMILES string of the molecule is CCOc1ccc(C=CCCSC(C)=O)c(F)c1. The number of allylic oxidation sites excluding steroid dienone is 1. The molecule has 0 aromatic heterocycles. The summed E-state index contributed by atoms with van der Waals surface area (Å²) < 4.78 is 18.8. The smallest absolute Gasteiger partial charge is 0.185 e. The Morgan fingerprint density at radius 1 is 1.50 bits per heavy atom. The second kappa shape index (κ2) is 7.93. The summed E-state index contributed by atoms with van der Waals surface area (Å²) in [6.45, 7) is 3.93. The van der Waals surface area contributed by atoms with Crippen molar-refractivity contribution in [3.63, 3.8) is 0 Å². The Kier molecular flexibility index (Phi) is 6.50. The molecular weight excluding hydrogens is 251 g/mol. The standard InChI is InChI=1S/C14H17FO2S/c1-3-17-13-8-7-12(14(15)10-13)6-4-5-9-18-11(2)16/h4,6-8,10H,3,5,9H2,1-2H3. The quantitative estimate of drug-likeness (QED) is 0.732. The Bertz CT molecular complexity index is 430. The zero-order chi connectivity index (χ0) is 13.4. The van der Waals surface area contributed by atoms with Crippen LogP contribution in [0, 0.1) is 5.82 Å². The Morgan fingerprint density at radius 3 is 2.89 bits per heavy atom. The van der Waals surface area contributed by atoms with Gasteiger partial charge in [0.1, 0.15) is 11.6 Å². The van der Waals surface area contributed by atoms with Crippen LogP contribution in [0.15, 0.2) is 24.3 Å².